The normalized spacial score (nSPS) is 23.3. The minimum atomic E-state index is -1.12. The molecule has 0 spiro atoms. The molecule has 3 aliphatic rings. The number of aromatic nitrogens is 4. The van der Waals surface area contributed by atoms with Crippen LogP contribution in [0.15, 0.2) is 19.9 Å². The summed E-state index contributed by atoms with van der Waals surface area (Å²) in [5.41, 5.74) is 6.31. The second-order valence-corrected chi connectivity index (χ2v) is 12.1. The van der Waals surface area contributed by atoms with Crippen molar-refractivity contribution in [3.8, 4) is 0 Å². The number of carbonyl (C=O) groups is 3. The minimum absolute atomic E-state index is 0. The summed E-state index contributed by atoms with van der Waals surface area (Å²) in [6.45, 7) is 2.28. The van der Waals surface area contributed by atoms with Crippen molar-refractivity contribution in [1.29, 1.82) is 0 Å². The molecule has 0 aromatic carbocycles. The van der Waals surface area contributed by atoms with Crippen molar-refractivity contribution in [2.24, 2.45) is 5.92 Å². The van der Waals surface area contributed by atoms with Gasteiger partial charge in [0.25, 0.3) is 5.91 Å². The van der Waals surface area contributed by atoms with Gasteiger partial charge in [-0.2, -0.15) is 0 Å². The predicted octanol–water partition coefficient (Wildman–Crippen LogP) is -1.94. The molecule has 0 radical (unpaired) electrons. The Balaban J connectivity index is 0.00000162. The van der Waals surface area contributed by atoms with E-state index in [2.05, 4.69) is 20.4 Å². The Morgan fingerprint density at radius 3 is 2.58 bits per heavy atom. The first-order valence-corrected chi connectivity index (χ1v) is 13.2. The molecule has 2 saturated heterocycles. The number of rotatable bonds is 7. The van der Waals surface area contributed by atoms with Gasteiger partial charge in [-0.15, -0.1) is 20.4 Å². The molecule has 170 valence electrons. The number of nitrogens with two attached hydrogens (primary N) is 1. The van der Waals surface area contributed by atoms with E-state index in [0.29, 0.717) is 33.8 Å². The number of β-lactam (4-membered cyclic amide) rings is 1. The first-order chi connectivity index (χ1) is 15.3. The number of carboxylic acid groups (broad SMARTS) is 1. The molecule has 5 rings (SSSR count). The van der Waals surface area contributed by atoms with Crippen LogP contribution in [0.5, 0.6) is 0 Å². The zero-order valence-electron chi connectivity index (χ0n) is 18.6. The third-order valence-corrected chi connectivity index (χ3v) is 9.52. The summed E-state index contributed by atoms with van der Waals surface area (Å²) in [7, 11) is 0. The average molecular weight is 536 g/mol. The van der Waals surface area contributed by atoms with Crippen molar-refractivity contribution in [3.05, 3.63) is 16.3 Å². The predicted molar refractivity (Wildman–Crippen MR) is 120 cm³/mol. The molecule has 5 heterocycles. The van der Waals surface area contributed by atoms with Gasteiger partial charge in [-0.05, 0) is 18.9 Å². The quantitative estimate of drug-likeness (QED) is 0.231. The van der Waals surface area contributed by atoms with Gasteiger partial charge in [0, 0.05) is 18.2 Å². The van der Waals surface area contributed by atoms with Gasteiger partial charge in [0.1, 0.15) is 16.7 Å². The number of amides is 2. The Bertz CT molecular complexity index is 1160. The van der Waals surface area contributed by atoms with Crippen LogP contribution in [-0.2, 0) is 14.4 Å². The summed E-state index contributed by atoms with van der Waals surface area (Å²) in [6.07, 6.45) is 0.529. The van der Waals surface area contributed by atoms with Gasteiger partial charge in [0.2, 0.25) is 11.0 Å². The molecular weight excluding hydrogens is 517 g/mol. The van der Waals surface area contributed by atoms with Gasteiger partial charge in [-0.25, -0.2) is 4.79 Å². The molecule has 0 bridgehead atoms. The van der Waals surface area contributed by atoms with Crippen molar-refractivity contribution < 1.29 is 50.5 Å². The molecular formula is C17H18N7NaO4S4. The molecule has 3 atom stereocenters. The molecule has 2 aromatic heterocycles. The summed E-state index contributed by atoms with van der Waals surface area (Å²) in [4.78, 5) is 40.8. The maximum absolute atomic E-state index is 12.9. The van der Waals surface area contributed by atoms with E-state index in [1.54, 1.807) is 4.90 Å². The molecule has 33 heavy (non-hydrogen) atoms. The number of carbonyl (C=O) groups excluding carboxylic acids is 2. The Kier molecular flexibility index (Phi) is 7.38. The fourth-order valence-corrected chi connectivity index (χ4v) is 7.76. The van der Waals surface area contributed by atoms with Crippen LogP contribution < -0.4 is 35.3 Å². The van der Waals surface area contributed by atoms with Crippen LogP contribution in [0.3, 0.4) is 0 Å². The van der Waals surface area contributed by atoms with Crippen molar-refractivity contribution in [2.75, 3.05) is 23.8 Å². The van der Waals surface area contributed by atoms with Gasteiger partial charge < -0.3 is 17.2 Å². The van der Waals surface area contributed by atoms with Gasteiger partial charge in [0.15, 0.2) is 8.68 Å². The number of aliphatic carboxylic acids is 1. The molecule has 0 unspecified atom stereocenters. The second kappa shape index (κ2) is 9.79. The zero-order chi connectivity index (χ0) is 22.6. The number of nitrogens with zero attached hydrogens (tertiary/aromatic N) is 6. The zero-order valence-corrected chi connectivity index (χ0v) is 22.9. The van der Waals surface area contributed by atoms with E-state index in [4.69, 9.17) is 5.73 Å². The maximum atomic E-state index is 12.9. The van der Waals surface area contributed by atoms with Crippen LogP contribution in [0.1, 0.15) is 12.9 Å². The Morgan fingerprint density at radius 2 is 1.94 bits per heavy atom. The number of anilines is 1. The summed E-state index contributed by atoms with van der Waals surface area (Å²) in [5.74, 6) is -1.07. The van der Waals surface area contributed by atoms with Crippen LogP contribution in [0, 0.1) is 12.8 Å². The largest absolute Gasteiger partial charge is 1.00 e. The first-order valence-electron chi connectivity index (χ1n) is 9.56. The number of hydrogen-bond donors (Lipinski definition) is 2. The number of nitrogen functional groups attached to an aromatic ring is 1. The van der Waals surface area contributed by atoms with Gasteiger partial charge in [-0.3, -0.25) is 14.5 Å². The van der Waals surface area contributed by atoms with Crippen molar-refractivity contribution in [1.82, 2.24) is 30.2 Å². The molecule has 2 amide bonds. The third kappa shape index (κ3) is 4.56. The average Bonchev–Trinajstić information content (AvgIpc) is 3.45. The fraction of sp³-hybridized carbons (Fsp3) is 0.471. The maximum Gasteiger partial charge on any atom is 1.00 e. The van der Waals surface area contributed by atoms with Crippen LogP contribution in [0.4, 0.5) is 5.13 Å². The standard InChI is InChI=1S/C17H17N7O4S4.Na.H/c1-6-19-21-16(31-6)29-4-8-2-7-3-23(9(25)5-30-17-22-20-15(18)32-17)12-10(7)24(13(12)26)11(8)14(27)28;;/h7,10,12H,2-5H2,1H3,(H2,18,20)(H,27,28);;/q;+1;-1/t7-,10-,12+;;/m1../s1. The van der Waals surface area contributed by atoms with Crippen LogP contribution in [0.2, 0.25) is 0 Å². The second-order valence-electron chi connectivity index (χ2n) is 7.48. The number of aryl methyl sites for hydroxylation is 1. The number of carboxylic acids is 1. The summed E-state index contributed by atoms with van der Waals surface area (Å²) in [5, 5.41) is 26.7. The van der Waals surface area contributed by atoms with Crippen LogP contribution in [-0.4, -0.2) is 83.2 Å². The van der Waals surface area contributed by atoms with E-state index in [9.17, 15) is 19.5 Å². The van der Waals surface area contributed by atoms with Crippen LogP contribution in [0.25, 0.3) is 0 Å². The van der Waals surface area contributed by atoms with Gasteiger partial charge in [-0.1, -0.05) is 46.2 Å². The van der Waals surface area contributed by atoms with E-state index in [1.807, 2.05) is 6.92 Å². The third-order valence-electron chi connectivity index (χ3n) is 5.59. The van der Waals surface area contributed by atoms with Gasteiger partial charge in [0.05, 0.1) is 11.8 Å². The van der Waals surface area contributed by atoms with Crippen molar-refractivity contribution >= 4 is 69.1 Å². The summed E-state index contributed by atoms with van der Waals surface area (Å²) < 4.78 is 1.35. The van der Waals surface area contributed by atoms with E-state index >= 15 is 0 Å². The number of thioether (sulfide) groups is 2. The summed E-state index contributed by atoms with van der Waals surface area (Å²) in [6, 6.07) is -0.876. The van der Waals surface area contributed by atoms with E-state index in [0.717, 1.165) is 9.35 Å². The summed E-state index contributed by atoms with van der Waals surface area (Å²) >= 11 is 5.30. The van der Waals surface area contributed by atoms with E-state index in [1.165, 1.54) is 51.1 Å². The fourth-order valence-electron chi connectivity index (χ4n) is 4.39. The molecule has 0 aliphatic carbocycles. The number of hydrogen-bond acceptors (Lipinski definition) is 12. The molecule has 16 heteroatoms. The van der Waals surface area contributed by atoms with E-state index in [-0.39, 0.29) is 66.2 Å². The van der Waals surface area contributed by atoms with Crippen molar-refractivity contribution in [2.45, 2.75) is 34.1 Å². The molecule has 3 aliphatic heterocycles. The smallest absolute Gasteiger partial charge is 1.00 e. The molecule has 0 saturated carbocycles. The van der Waals surface area contributed by atoms with Crippen molar-refractivity contribution in [3.63, 3.8) is 0 Å². The van der Waals surface area contributed by atoms with E-state index < -0.39 is 12.0 Å². The topological polar surface area (TPSA) is 156 Å². The molecule has 2 aromatic rings. The minimum Gasteiger partial charge on any atom is -1.00 e. The monoisotopic (exact) mass is 535 g/mol. The Labute approximate surface area is 228 Å². The van der Waals surface area contributed by atoms with Crippen LogP contribution >= 0.6 is 46.2 Å². The number of likely N-dealkylation sites (tertiary alicyclic amines) is 1. The van der Waals surface area contributed by atoms with Gasteiger partial charge >= 0.3 is 35.5 Å². The molecule has 3 N–H and O–H groups in total. The molecule has 11 nitrogen and oxygen atoms in total. The Hall–Kier alpha value is -1.23. The Morgan fingerprint density at radius 1 is 1.21 bits per heavy atom. The SMILES string of the molecule is Cc1nnc(SCC2=C(C(=O)O)N3C(=O)[C@@H]4[C@H]3[C@H](C2)CN4C(=O)CSc2nnc(N)s2)s1.[H-].[Na+]. The molecule has 2 fully saturated rings. The first kappa shape index (κ1) is 24.9.